The van der Waals surface area contributed by atoms with E-state index in [4.69, 9.17) is 4.74 Å². The topological polar surface area (TPSA) is 66.9 Å². The molecule has 4 rings (SSSR count). The molecule has 0 aliphatic carbocycles. The lowest BCUT2D eigenvalue weighted by molar-refractivity contribution is -0.141. The molecule has 2 aliphatic rings. The van der Waals surface area contributed by atoms with Crippen LogP contribution in [0, 0.1) is 5.82 Å². The molecule has 2 aromatic rings. The van der Waals surface area contributed by atoms with Crippen molar-refractivity contribution in [1.82, 2.24) is 9.80 Å². The number of likely N-dealkylation sites (tertiary alicyclic amines) is 1. The predicted molar refractivity (Wildman–Crippen MR) is 107 cm³/mol. The molecule has 6 nitrogen and oxygen atoms in total. The van der Waals surface area contributed by atoms with Gasteiger partial charge in [-0.15, -0.1) is 0 Å². The van der Waals surface area contributed by atoms with Crippen LogP contribution in [0.15, 0.2) is 48.5 Å². The first kappa shape index (κ1) is 20.1. The Morgan fingerprint density at radius 2 is 2.00 bits per heavy atom. The molecule has 0 saturated carbocycles. The zero-order valence-corrected chi connectivity index (χ0v) is 16.9. The average Bonchev–Trinajstić information content (AvgIpc) is 3.22. The third-order valence-electron chi connectivity index (χ3n) is 5.99. The van der Waals surface area contributed by atoms with Gasteiger partial charge in [0, 0.05) is 33.4 Å². The van der Waals surface area contributed by atoms with Crippen molar-refractivity contribution in [2.75, 3.05) is 20.6 Å². The molecule has 2 unspecified atom stereocenters. The smallest absolute Gasteiger partial charge is 0.240 e. The van der Waals surface area contributed by atoms with E-state index in [1.165, 1.54) is 30.1 Å². The Morgan fingerprint density at radius 1 is 1.23 bits per heavy atom. The zero-order chi connectivity index (χ0) is 21.5. The van der Waals surface area contributed by atoms with Crippen LogP contribution >= 0.6 is 0 Å². The molecule has 156 valence electrons. The number of benzene rings is 2. The van der Waals surface area contributed by atoms with Crippen molar-refractivity contribution in [3.63, 3.8) is 0 Å². The molecular weight excluding hydrogens is 387 g/mol. The van der Waals surface area contributed by atoms with Crippen molar-refractivity contribution in [3.8, 4) is 5.75 Å². The summed E-state index contributed by atoms with van der Waals surface area (Å²) in [6.45, 7) is 0.352. The monoisotopic (exact) mass is 410 g/mol. The minimum atomic E-state index is -1.39. The number of carbonyl (C=O) groups is 3. The lowest BCUT2D eigenvalue weighted by Gasteiger charge is -2.29. The summed E-state index contributed by atoms with van der Waals surface area (Å²) in [7, 11) is 3.04. The highest BCUT2D eigenvalue weighted by atomic mass is 19.1. The van der Waals surface area contributed by atoms with E-state index < -0.39 is 17.1 Å². The number of amides is 3. The summed E-state index contributed by atoms with van der Waals surface area (Å²) in [5.41, 5.74) is 0.0490. The van der Waals surface area contributed by atoms with Gasteiger partial charge in [-0.05, 0) is 29.3 Å². The largest absolute Gasteiger partial charge is 0.488 e. The molecule has 2 aliphatic heterocycles. The van der Waals surface area contributed by atoms with Gasteiger partial charge >= 0.3 is 0 Å². The van der Waals surface area contributed by atoms with Crippen molar-refractivity contribution in [2.24, 2.45) is 0 Å². The van der Waals surface area contributed by atoms with Gasteiger partial charge in [-0.1, -0.05) is 30.3 Å². The number of fused-ring (bicyclic) bond motifs is 1. The van der Waals surface area contributed by atoms with Gasteiger partial charge in [-0.3, -0.25) is 19.3 Å². The van der Waals surface area contributed by atoms with Crippen molar-refractivity contribution in [2.45, 2.75) is 30.8 Å². The van der Waals surface area contributed by atoms with Crippen LogP contribution in [0.25, 0.3) is 0 Å². The second kappa shape index (κ2) is 7.55. The molecule has 7 heteroatoms. The van der Waals surface area contributed by atoms with E-state index in [1.54, 1.807) is 13.1 Å². The lowest BCUT2D eigenvalue weighted by Crippen LogP contribution is -2.43. The zero-order valence-electron chi connectivity index (χ0n) is 16.9. The molecule has 30 heavy (non-hydrogen) atoms. The number of nitrogens with zero attached hydrogens (tertiary/aromatic N) is 2. The lowest BCUT2D eigenvalue weighted by atomic mass is 9.75. The Bertz CT molecular complexity index is 999. The highest BCUT2D eigenvalue weighted by molar-refractivity contribution is 6.10. The summed E-state index contributed by atoms with van der Waals surface area (Å²) in [5, 5.41) is 0. The first-order chi connectivity index (χ1) is 14.3. The van der Waals surface area contributed by atoms with Gasteiger partial charge in [-0.25, -0.2) is 4.39 Å². The third-order valence-corrected chi connectivity index (χ3v) is 5.99. The van der Waals surface area contributed by atoms with Crippen LogP contribution in [0.2, 0.25) is 0 Å². The minimum absolute atomic E-state index is 0.156. The molecule has 1 saturated heterocycles. The van der Waals surface area contributed by atoms with Crippen molar-refractivity contribution < 1.29 is 23.5 Å². The first-order valence-corrected chi connectivity index (χ1v) is 9.86. The van der Waals surface area contributed by atoms with Crippen molar-refractivity contribution >= 4 is 17.7 Å². The van der Waals surface area contributed by atoms with E-state index in [2.05, 4.69) is 0 Å². The Morgan fingerprint density at radius 3 is 2.67 bits per heavy atom. The number of hydrogen-bond donors (Lipinski definition) is 0. The van der Waals surface area contributed by atoms with E-state index in [0.717, 1.165) is 16.2 Å². The molecule has 3 amide bonds. The number of halogens is 1. The van der Waals surface area contributed by atoms with Gasteiger partial charge in [0.2, 0.25) is 17.7 Å². The van der Waals surface area contributed by atoms with Crippen molar-refractivity contribution in [3.05, 3.63) is 65.5 Å². The van der Waals surface area contributed by atoms with E-state index in [0.29, 0.717) is 18.5 Å². The average molecular weight is 410 g/mol. The fraction of sp³-hybridized carbons (Fsp3) is 0.348. The van der Waals surface area contributed by atoms with Crippen LogP contribution < -0.4 is 4.74 Å². The summed E-state index contributed by atoms with van der Waals surface area (Å²) in [6, 6.07) is 13.3. The summed E-state index contributed by atoms with van der Waals surface area (Å²) in [5.74, 6) is -0.855. The van der Waals surface area contributed by atoms with E-state index >= 15 is 0 Å². The second-order valence-corrected chi connectivity index (χ2v) is 8.03. The molecular formula is C23H23FN2O4. The molecule has 0 N–H and O–H groups in total. The number of rotatable bonds is 5. The standard InChI is InChI=1S/C23H23FN2O4/c1-25(14-18-10-15-6-3-4-9-19(15)30-18)20(27)12-23(13-21(28)26(2)22(23)29)16-7-5-8-17(24)11-16/h3-9,11,18H,10,12-14H2,1-2H3. The maximum Gasteiger partial charge on any atom is 0.240 e. The highest BCUT2D eigenvalue weighted by Gasteiger charge is 2.53. The van der Waals surface area contributed by atoms with Crippen LogP contribution in [0.3, 0.4) is 0 Å². The second-order valence-electron chi connectivity index (χ2n) is 8.03. The summed E-state index contributed by atoms with van der Waals surface area (Å²) in [6.07, 6.45) is 0.159. The Balaban J connectivity index is 1.53. The highest BCUT2D eigenvalue weighted by Crippen LogP contribution is 2.40. The van der Waals surface area contributed by atoms with Crippen LogP contribution in [-0.4, -0.2) is 54.3 Å². The number of carbonyl (C=O) groups excluding carboxylic acids is 3. The maximum atomic E-state index is 13.9. The van der Waals surface area contributed by atoms with Gasteiger partial charge in [0.15, 0.2) is 0 Å². The van der Waals surface area contributed by atoms with Crippen molar-refractivity contribution in [1.29, 1.82) is 0 Å². The minimum Gasteiger partial charge on any atom is -0.488 e. The van der Waals surface area contributed by atoms with E-state index in [-0.39, 0.29) is 30.8 Å². The van der Waals surface area contributed by atoms with Crippen LogP contribution in [0.4, 0.5) is 4.39 Å². The number of likely N-dealkylation sites (N-methyl/N-ethyl adjacent to an activating group) is 2. The molecule has 0 spiro atoms. The molecule has 1 fully saturated rings. The summed E-state index contributed by atoms with van der Waals surface area (Å²) < 4.78 is 19.8. The third kappa shape index (κ3) is 3.44. The fourth-order valence-corrected chi connectivity index (χ4v) is 4.29. The quantitative estimate of drug-likeness (QED) is 0.710. The molecule has 2 heterocycles. The normalized spacial score (nSPS) is 22.8. The Labute approximate surface area is 174 Å². The molecule has 0 radical (unpaired) electrons. The van der Waals surface area contributed by atoms with E-state index in [9.17, 15) is 18.8 Å². The Hall–Kier alpha value is -3.22. The van der Waals surface area contributed by atoms with E-state index in [1.807, 2.05) is 24.3 Å². The van der Waals surface area contributed by atoms with Crippen LogP contribution in [-0.2, 0) is 26.2 Å². The molecule has 2 atom stereocenters. The van der Waals surface area contributed by atoms with Gasteiger partial charge in [-0.2, -0.15) is 0 Å². The van der Waals surface area contributed by atoms with Crippen LogP contribution in [0.5, 0.6) is 5.75 Å². The SMILES string of the molecule is CN(CC1Cc2ccccc2O1)C(=O)CC1(c2cccc(F)c2)CC(=O)N(C)C1=O. The van der Waals surface area contributed by atoms with Gasteiger partial charge < -0.3 is 9.64 Å². The number of ether oxygens (including phenoxy) is 1. The number of imide groups is 1. The summed E-state index contributed by atoms with van der Waals surface area (Å²) >= 11 is 0. The summed E-state index contributed by atoms with van der Waals surface area (Å²) in [4.78, 5) is 40.9. The first-order valence-electron chi connectivity index (χ1n) is 9.86. The number of hydrogen-bond acceptors (Lipinski definition) is 4. The Kier molecular flexibility index (Phi) is 5.05. The molecule has 2 aromatic carbocycles. The number of para-hydroxylation sites is 1. The molecule has 0 aromatic heterocycles. The fourth-order valence-electron chi connectivity index (χ4n) is 4.29. The predicted octanol–water partition coefficient (Wildman–Crippen LogP) is 2.30. The van der Waals surface area contributed by atoms with Gasteiger partial charge in [0.25, 0.3) is 0 Å². The van der Waals surface area contributed by atoms with Crippen LogP contribution in [0.1, 0.15) is 24.0 Å². The van der Waals surface area contributed by atoms with Gasteiger partial charge in [0.1, 0.15) is 17.7 Å². The molecule has 0 bridgehead atoms. The van der Waals surface area contributed by atoms with Gasteiger partial charge in [0.05, 0.1) is 12.0 Å². The maximum absolute atomic E-state index is 13.9.